The van der Waals surface area contributed by atoms with E-state index in [0.717, 1.165) is 22.8 Å². The smallest absolute Gasteiger partial charge is 0.416 e. The van der Waals surface area contributed by atoms with Crippen LogP contribution >= 0.6 is 0 Å². The maximum atomic E-state index is 13.4. The second kappa shape index (κ2) is 11.4. The zero-order chi connectivity index (χ0) is 27.3. The number of carbonyl (C=O) groups is 3. The summed E-state index contributed by atoms with van der Waals surface area (Å²) >= 11 is 0. The molecule has 198 valence electrons. The number of aliphatic carboxylic acids is 1. The molecule has 0 saturated carbocycles. The molecule has 1 heterocycles. The van der Waals surface area contributed by atoms with E-state index in [1.54, 1.807) is 42.5 Å². The van der Waals surface area contributed by atoms with Crippen LogP contribution in [-0.2, 0) is 46.5 Å². The van der Waals surface area contributed by atoms with Gasteiger partial charge in [0.15, 0.2) is 0 Å². The van der Waals surface area contributed by atoms with Crippen molar-refractivity contribution in [3.05, 3.63) is 107 Å². The van der Waals surface area contributed by atoms with E-state index in [1.807, 2.05) is 12.1 Å². The summed E-state index contributed by atoms with van der Waals surface area (Å²) < 4.78 is 45.7. The minimum atomic E-state index is -4.68. The molecule has 3 aromatic carbocycles. The summed E-state index contributed by atoms with van der Waals surface area (Å²) in [7, 11) is 0. The third-order valence-electron chi connectivity index (χ3n) is 6.35. The lowest BCUT2D eigenvalue weighted by molar-refractivity contribution is -0.143. The second-order valence-electron chi connectivity index (χ2n) is 8.92. The number of hydrogen-bond acceptors (Lipinski definition) is 4. The topological polar surface area (TPSA) is 95.9 Å². The van der Waals surface area contributed by atoms with Crippen molar-refractivity contribution in [3.8, 4) is 0 Å². The van der Waals surface area contributed by atoms with Gasteiger partial charge in [-0.05, 0) is 28.3 Å². The number of carbonyl (C=O) groups excluding carboxylic acids is 2. The quantitative estimate of drug-likeness (QED) is 0.470. The average Bonchev–Trinajstić information content (AvgIpc) is 2.90. The summed E-state index contributed by atoms with van der Waals surface area (Å²) in [6, 6.07) is 18.0. The fourth-order valence-electron chi connectivity index (χ4n) is 4.41. The predicted octanol–water partition coefficient (Wildman–Crippen LogP) is 4.58. The Morgan fingerprint density at radius 2 is 1.58 bits per heavy atom. The fourth-order valence-corrected chi connectivity index (χ4v) is 4.41. The first-order valence-electron chi connectivity index (χ1n) is 11.9. The van der Waals surface area contributed by atoms with E-state index in [1.165, 1.54) is 23.1 Å². The molecule has 0 bridgehead atoms. The first-order chi connectivity index (χ1) is 18.1. The number of amides is 2. The number of fused-ring (bicyclic) bond motifs is 1. The fraction of sp³-hybridized carbons (Fsp3) is 0.250. The standard InChI is InChI=1S/C28H25F3N2O5/c29-28(30,31)22-13-7-6-11-20(22)14-23(26(35)36)32-25(34)24-15-19-10-4-5-12-21(19)16-33(24)27(37)38-17-18-8-2-1-3-9-18/h1-13,23-24H,14-17H2,(H,32,34)(H,35,36)/t23-,24+/m1/s1. The largest absolute Gasteiger partial charge is 0.480 e. The molecule has 1 aliphatic rings. The highest BCUT2D eigenvalue weighted by atomic mass is 19.4. The lowest BCUT2D eigenvalue weighted by Gasteiger charge is -2.35. The van der Waals surface area contributed by atoms with Crippen LogP contribution in [0.1, 0.15) is 27.8 Å². The molecule has 2 amide bonds. The van der Waals surface area contributed by atoms with E-state index < -0.39 is 48.2 Å². The maximum absolute atomic E-state index is 13.4. The van der Waals surface area contributed by atoms with Crippen LogP contribution in [-0.4, -0.2) is 40.1 Å². The first kappa shape index (κ1) is 26.7. The Labute approximate surface area is 216 Å². The predicted molar refractivity (Wildman–Crippen MR) is 131 cm³/mol. The summed E-state index contributed by atoms with van der Waals surface area (Å²) in [5.41, 5.74) is 1.11. The molecule has 3 aromatic rings. The second-order valence-corrected chi connectivity index (χ2v) is 8.92. The highest BCUT2D eigenvalue weighted by Gasteiger charge is 2.38. The minimum Gasteiger partial charge on any atom is -0.480 e. The summed E-state index contributed by atoms with van der Waals surface area (Å²) in [4.78, 5) is 39.5. The van der Waals surface area contributed by atoms with Crippen molar-refractivity contribution in [2.24, 2.45) is 0 Å². The van der Waals surface area contributed by atoms with Crippen LogP contribution in [0.5, 0.6) is 0 Å². The van der Waals surface area contributed by atoms with Crippen molar-refractivity contribution in [1.82, 2.24) is 10.2 Å². The Balaban J connectivity index is 1.54. The molecule has 0 spiro atoms. The lowest BCUT2D eigenvalue weighted by atomic mass is 9.93. The summed E-state index contributed by atoms with van der Waals surface area (Å²) in [6.07, 6.45) is -5.94. The van der Waals surface area contributed by atoms with E-state index >= 15 is 0 Å². The van der Waals surface area contributed by atoms with Gasteiger partial charge in [0.25, 0.3) is 0 Å². The number of carboxylic acids is 1. The molecule has 1 aliphatic heterocycles. The van der Waals surface area contributed by atoms with Crippen LogP contribution in [0.15, 0.2) is 78.9 Å². The summed E-state index contributed by atoms with van der Waals surface area (Å²) in [6.45, 7) is 0.0225. The van der Waals surface area contributed by atoms with Gasteiger partial charge in [0.05, 0.1) is 12.1 Å². The zero-order valence-electron chi connectivity index (χ0n) is 20.1. The van der Waals surface area contributed by atoms with Gasteiger partial charge in [-0.2, -0.15) is 13.2 Å². The molecule has 38 heavy (non-hydrogen) atoms. The van der Waals surface area contributed by atoms with Crippen LogP contribution in [0.4, 0.5) is 18.0 Å². The van der Waals surface area contributed by atoms with E-state index in [2.05, 4.69) is 5.32 Å². The number of alkyl halides is 3. The Morgan fingerprint density at radius 1 is 0.947 bits per heavy atom. The van der Waals surface area contributed by atoms with Crippen LogP contribution in [0, 0.1) is 0 Å². The van der Waals surface area contributed by atoms with Gasteiger partial charge in [0.1, 0.15) is 18.7 Å². The molecular weight excluding hydrogens is 501 g/mol. The molecule has 0 saturated heterocycles. The average molecular weight is 527 g/mol. The zero-order valence-corrected chi connectivity index (χ0v) is 20.1. The number of nitrogens with zero attached hydrogens (tertiary/aromatic N) is 1. The van der Waals surface area contributed by atoms with Crippen LogP contribution in [0.25, 0.3) is 0 Å². The number of ether oxygens (including phenoxy) is 1. The Kier molecular flexibility index (Phi) is 7.99. The number of carboxylic acid groups (broad SMARTS) is 1. The van der Waals surface area contributed by atoms with Crippen LogP contribution in [0.3, 0.4) is 0 Å². The molecule has 2 atom stereocenters. The minimum absolute atomic E-state index is 0.0296. The van der Waals surface area contributed by atoms with Gasteiger partial charge in [-0.15, -0.1) is 0 Å². The number of hydrogen-bond donors (Lipinski definition) is 2. The van der Waals surface area contributed by atoms with Crippen molar-refractivity contribution in [1.29, 1.82) is 0 Å². The van der Waals surface area contributed by atoms with Gasteiger partial charge < -0.3 is 15.2 Å². The molecule has 4 rings (SSSR count). The molecule has 0 unspecified atom stereocenters. The van der Waals surface area contributed by atoms with Crippen molar-refractivity contribution >= 4 is 18.0 Å². The van der Waals surface area contributed by atoms with Crippen molar-refractivity contribution in [2.45, 2.75) is 44.3 Å². The third kappa shape index (κ3) is 6.31. The SMILES string of the molecule is O=C(O)[C@@H](Cc1ccccc1C(F)(F)F)NC(=O)[C@@H]1Cc2ccccc2CN1C(=O)OCc1ccccc1. The number of benzene rings is 3. The molecule has 7 nitrogen and oxygen atoms in total. The molecule has 0 aromatic heterocycles. The van der Waals surface area contributed by atoms with Crippen LogP contribution in [0.2, 0.25) is 0 Å². The normalized spacial score (nSPS) is 15.8. The Bertz CT molecular complexity index is 1310. The molecule has 0 aliphatic carbocycles. The Hall–Kier alpha value is -4.34. The van der Waals surface area contributed by atoms with Crippen molar-refractivity contribution in [2.75, 3.05) is 0 Å². The van der Waals surface area contributed by atoms with Gasteiger partial charge in [-0.25, -0.2) is 9.59 Å². The van der Waals surface area contributed by atoms with E-state index in [0.29, 0.717) is 0 Å². The maximum Gasteiger partial charge on any atom is 0.416 e. The van der Waals surface area contributed by atoms with Crippen LogP contribution < -0.4 is 5.32 Å². The van der Waals surface area contributed by atoms with Crippen molar-refractivity contribution in [3.63, 3.8) is 0 Å². The van der Waals surface area contributed by atoms with Gasteiger partial charge in [0.2, 0.25) is 5.91 Å². The number of rotatable bonds is 7. The molecular formula is C28H25F3N2O5. The summed E-state index contributed by atoms with van der Waals surface area (Å²) in [5, 5.41) is 12.1. The van der Waals surface area contributed by atoms with E-state index in [-0.39, 0.29) is 25.1 Å². The highest BCUT2D eigenvalue weighted by Crippen LogP contribution is 2.32. The molecule has 0 radical (unpaired) electrons. The number of nitrogens with one attached hydrogen (secondary N) is 1. The van der Waals surface area contributed by atoms with Crippen molar-refractivity contribution < 1.29 is 37.4 Å². The first-order valence-corrected chi connectivity index (χ1v) is 11.9. The molecule has 0 fully saturated rings. The third-order valence-corrected chi connectivity index (χ3v) is 6.35. The van der Waals surface area contributed by atoms with Gasteiger partial charge >= 0.3 is 18.2 Å². The van der Waals surface area contributed by atoms with E-state index in [9.17, 15) is 32.7 Å². The summed E-state index contributed by atoms with van der Waals surface area (Å²) in [5.74, 6) is -2.29. The Morgan fingerprint density at radius 3 is 2.26 bits per heavy atom. The lowest BCUT2D eigenvalue weighted by Crippen LogP contribution is -2.56. The monoisotopic (exact) mass is 526 g/mol. The van der Waals surface area contributed by atoms with Gasteiger partial charge in [-0.3, -0.25) is 9.69 Å². The molecule has 10 heteroatoms. The van der Waals surface area contributed by atoms with E-state index in [4.69, 9.17) is 4.74 Å². The van der Waals surface area contributed by atoms with Gasteiger partial charge in [0, 0.05) is 12.8 Å². The van der Waals surface area contributed by atoms with Gasteiger partial charge in [-0.1, -0.05) is 72.8 Å². The number of halogens is 3. The highest BCUT2D eigenvalue weighted by molar-refractivity contribution is 5.90. The molecule has 2 N–H and O–H groups in total.